The van der Waals surface area contributed by atoms with Gasteiger partial charge in [0.25, 0.3) is 0 Å². The van der Waals surface area contributed by atoms with Crippen molar-refractivity contribution < 1.29 is 0 Å². The van der Waals surface area contributed by atoms with Crippen LogP contribution < -0.4 is 0 Å². The van der Waals surface area contributed by atoms with Crippen LogP contribution in [-0.2, 0) is 0 Å². The largest absolute Gasteiger partial charge is 0.309 e. The van der Waals surface area contributed by atoms with E-state index >= 15 is 0 Å². The van der Waals surface area contributed by atoms with Crippen molar-refractivity contribution in [2.24, 2.45) is 0 Å². The first kappa shape index (κ1) is 32.2. The fourth-order valence-corrected chi connectivity index (χ4v) is 7.52. The Morgan fingerprint density at radius 3 is 1.33 bits per heavy atom. The molecule has 0 N–H and O–H groups in total. The summed E-state index contributed by atoms with van der Waals surface area (Å²) in [5.41, 5.74) is 13.0. The molecule has 4 nitrogen and oxygen atoms in total. The number of fused-ring (bicyclic) bond motifs is 3. The second-order valence-electron chi connectivity index (χ2n) is 13.7. The minimum Gasteiger partial charge on any atom is -0.309 e. The Hall–Kier alpha value is -7.43. The molecule has 0 saturated carbocycles. The lowest BCUT2D eigenvalue weighted by atomic mass is 10.0. The van der Waals surface area contributed by atoms with E-state index in [0.717, 1.165) is 50.1 Å². The number of para-hydroxylation sites is 1. The summed E-state index contributed by atoms with van der Waals surface area (Å²) in [6.45, 7) is 0. The van der Waals surface area contributed by atoms with Gasteiger partial charge in [-0.2, -0.15) is 0 Å². The van der Waals surface area contributed by atoms with Crippen LogP contribution in [0, 0.1) is 0 Å². The summed E-state index contributed by atoms with van der Waals surface area (Å²) in [7, 11) is 0. The van der Waals surface area contributed by atoms with Crippen molar-refractivity contribution in [3.63, 3.8) is 0 Å². The predicted molar refractivity (Wildman–Crippen MR) is 227 cm³/mol. The van der Waals surface area contributed by atoms with Gasteiger partial charge in [-0.25, -0.2) is 15.0 Å². The molecule has 0 bridgehead atoms. The molecule has 0 radical (unpaired) electrons. The maximum Gasteiger partial charge on any atom is 0.164 e. The maximum atomic E-state index is 5.17. The van der Waals surface area contributed by atoms with Crippen molar-refractivity contribution in [2.75, 3.05) is 0 Å². The topological polar surface area (TPSA) is 43.6 Å². The van der Waals surface area contributed by atoms with Crippen molar-refractivity contribution in [3.8, 4) is 73.2 Å². The Balaban J connectivity index is 1.13. The fraction of sp³-hybridized carbons (Fsp3) is 0. The molecule has 0 fully saturated rings. The summed E-state index contributed by atoms with van der Waals surface area (Å²) in [6, 6.07) is 72.2. The first-order valence-corrected chi connectivity index (χ1v) is 18.5. The average molecular weight is 703 g/mol. The number of nitrogens with zero attached hydrogens (tertiary/aromatic N) is 4. The molecule has 2 heterocycles. The number of benzene rings is 8. The Morgan fingerprint density at radius 1 is 0.255 bits per heavy atom. The van der Waals surface area contributed by atoms with Gasteiger partial charge in [0.2, 0.25) is 0 Å². The van der Waals surface area contributed by atoms with E-state index in [1.165, 1.54) is 27.5 Å². The number of hydrogen-bond acceptors (Lipinski definition) is 3. The summed E-state index contributed by atoms with van der Waals surface area (Å²) in [5.74, 6) is 1.86. The van der Waals surface area contributed by atoms with E-state index in [4.69, 9.17) is 15.0 Å². The van der Waals surface area contributed by atoms with Gasteiger partial charge in [0.15, 0.2) is 17.5 Å². The van der Waals surface area contributed by atoms with E-state index in [2.05, 4.69) is 199 Å². The molecule has 4 heteroatoms. The number of aromatic nitrogens is 4. The quantitative estimate of drug-likeness (QED) is 0.166. The predicted octanol–water partition coefficient (Wildman–Crippen LogP) is 13.0. The highest BCUT2D eigenvalue weighted by Gasteiger charge is 2.17. The summed E-state index contributed by atoms with van der Waals surface area (Å²) in [5, 5.41) is 2.42. The standard InChI is InChI=1S/C51H34N4/c1-4-14-35(15-5-1)38-26-28-39(29-27-38)49-52-50(42-21-12-20-40(32-42)36-16-6-2-7-17-36)54-51(53-49)43-22-13-23-44(33-43)55-47-25-11-10-24-45(47)46-31-30-41(34-48(46)55)37-18-8-3-9-19-37/h1-34H. The highest BCUT2D eigenvalue weighted by Crippen LogP contribution is 2.36. The zero-order valence-corrected chi connectivity index (χ0v) is 29.9. The van der Waals surface area contributed by atoms with Crippen LogP contribution in [0.5, 0.6) is 0 Å². The third-order valence-electron chi connectivity index (χ3n) is 10.3. The van der Waals surface area contributed by atoms with E-state index in [1.807, 2.05) is 12.1 Å². The van der Waals surface area contributed by atoms with E-state index in [0.29, 0.717) is 17.5 Å². The molecule has 0 amide bonds. The van der Waals surface area contributed by atoms with Gasteiger partial charge >= 0.3 is 0 Å². The van der Waals surface area contributed by atoms with E-state index in [1.54, 1.807) is 0 Å². The summed E-state index contributed by atoms with van der Waals surface area (Å²) >= 11 is 0. The highest BCUT2D eigenvalue weighted by molar-refractivity contribution is 6.10. The van der Waals surface area contributed by atoms with Gasteiger partial charge in [0, 0.05) is 33.2 Å². The molecule has 55 heavy (non-hydrogen) atoms. The first-order valence-electron chi connectivity index (χ1n) is 18.5. The molecule has 0 atom stereocenters. The minimum atomic E-state index is 0.616. The number of rotatable bonds is 7. The van der Waals surface area contributed by atoms with Gasteiger partial charge in [-0.1, -0.05) is 176 Å². The molecule has 10 rings (SSSR count). The molecule has 0 unspecified atom stereocenters. The summed E-state index contributed by atoms with van der Waals surface area (Å²) in [6.07, 6.45) is 0. The van der Waals surface area contributed by atoms with Crippen molar-refractivity contribution >= 4 is 21.8 Å². The van der Waals surface area contributed by atoms with Crippen LogP contribution in [0.25, 0.3) is 95.0 Å². The lowest BCUT2D eigenvalue weighted by molar-refractivity contribution is 1.07. The summed E-state index contributed by atoms with van der Waals surface area (Å²) in [4.78, 5) is 15.4. The van der Waals surface area contributed by atoms with Crippen molar-refractivity contribution in [3.05, 3.63) is 206 Å². The Labute approximate surface area is 319 Å². The molecular weight excluding hydrogens is 669 g/mol. The third-order valence-corrected chi connectivity index (χ3v) is 10.3. The lowest BCUT2D eigenvalue weighted by Gasteiger charge is -2.12. The fourth-order valence-electron chi connectivity index (χ4n) is 7.52. The zero-order valence-electron chi connectivity index (χ0n) is 29.9. The second-order valence-corrected chi connectivity index (χ2v) is 13.7. The molecule has 0 spiro atoms. The maximum absolute atomic E-state index is 5.17. The molecule has 0 aliphatic carbocycles. The molecule has 0 saturated heterocycles. The van der Waals surface area contributed by atoms with Crippen LogP contribution in [0.3, 0.4) is 0 Å². The monoisotopic (exact) mass is 702 g/mol. The second kappa shape index (κ2) is 13.8. The SMILES string of the molecule is c1ccc(-c2ccc(-c3nc(-c4cccc(-c5ccccc5)c4)nc(-c4cccc(-n5c6ccccc6c6ccc(-c7ccccc7)cc65)c4)n3)cc2)cc1. The lowest BCUT2D eigenvalue weighted by Crippen LogP contribution is -2.01. The van der Waals surface area contributed by atoms with E-state index in [-0.39, 0.29) is 0 Å². The molecule has 0 aliphatic rings. The smallest absolute Gasteiger partial charge is 0.164 e. The summed E-state index contributed by atoms with van der Waals surface area (Å²) < 4.78 is 2.36. The zero-order chi connectivity index (χ0) is 36.6. The van der Waals surface area contributed by atoms with E-state index < -0.39 is 0 Å². The molecule has 10 aromatic rings. The van der Waals surface area contributed by atoms with Crippen molar-refractivity contribution in [1.29, 1.82) is 0 Å². The van der Waals surface area contributed by atoms with Crippen LogP contribution in [-0.4, -0.2) is 19.5 Å². The van der Waals surface area contributed by atoms with Gasteiger partial charge in [-0.3, -0.25) is 0 Å². The Bertz CT molecular complexity index is 2950. The Kier molecular flexibility index (Phi) is 8.12. The molecule has 2 aromatic heterocycles. The van der Waals surface area contributed by atoms with Gasteiger partial charge in [-0.15, -0.1) is 0 Å². The van der Waals surface area contributed by atoms with Gasteiger partial charge < -0.3 is 4.57 Å². The third kappa shape index (κ3) is 6.16. The van der Waals surface area contributed by atoms with Gasteiger partial charge in [-0.05, 0) is 63.7 Å². The van der Waals surface area contributed by atoms with Crippen LogP contribution in [0.15, 0.2) is 206 Å². The average Bonchev–Trinajstić information content (AvgIpc) is 3.61. The number of hydrogen-bond donors (Lipinski definition) is 0. The first-order chi connectivity index (χ1) is 27.2. The molecular formula is C51H34N4. The van der Waals surface area contributed by atoms with E-state index in [9.17, 15) is 0 Å². The minimum absolute atomic E-state index is 0.616. The normalized spacial score (nSPS) is 11.3. The van der Waals surface area contributed by atoms with Crippen molar-refractivity contribution in [2.45, 2.75) is 0 Å². The molecule has 0 aliphatic heterocycles. The van der Waals surface area contributed by atoms with Crippen LogP contribution in [0.2, 0.25) is 0 Å². The Morgan fingerprint density at radius 2 is 0.673 bits per heavy atom. The van der Waals surface area contributed by atoms with Crippen LogP contribution in [0.1, 0.15) is 0 Å². The van der Waals surface area contributed by atoms with Gasteiger partial charge in [0.1, 0.15) is 0 Å². The van der Waals surface area contributed by atoms with Crippen LogP contribution in [0.4, 0.5) is 0 Å². The van der Waals surface area contributed by atoms with Gasteiger partial charge in [0.05, 0.1) is 11.0 Å². The molecule has 8 aromatic carbocycles. The molecule has 258 valence electrons. The highest BCUT2D eigenvalue weighted by atomic mass is 15.0. The van der Waals surface area contributed by atoms with Crippen LogP contribution >= 0.6 is 0 Å². The van der Waals surface area contributed by atoms with Crippen molar-refractivity contribution in [1.82, 2.24) is 19.5 Å².